The molecule has 4 aromatic rings. The molecule has 40 heavy (non-hydrogen) atoms. The van der Waals surface area contributed by atoms with Gasteiger partial charge in [0.2, 0.25) is 5.91 Å². The number of para-hydroxylation sites is 2. The third-order valence-electron chi connectivity index (χ3n) is 8.22. The van der Waals surface area contributed by atoms with Crippen molar-refractivity contribution in [3.05, 3.63) is 128 Å². The van der Waals surface area contributed by atoms with Crippen LogP contribution in [0.5, 0.6) is 0 Å². The van der Waals surface area contributed by atoms with E-state index in [4.69, 9.17) is 0 Å². The topological polar surface area (TPSA) is 110 Å². The molecule has 1 fully saturated rings. The van der Waals surface area contributed by atoms with Crippen molar-refractivity contribution >= 4 is 51.9 Å². The van der Waals surface area contributed by atoms with Gasteiger partial charge in [0.25, 0.3) is 5.69 Å². The van der Waals surface area contributed by atoms with Crippen molar-refractivity contribution in [2.75, 3.05) is 10.2 Å². The first-order valence-corrected chi connectivity index (χ1v) is 13.6. The Labute approximate surface area is 232 Å². The molecule has 196 valence electrons. The maximum absolute atomic E-state index is 14.5. The highest BCUT2D eigenvalue weighted by Crippen LogP contribution is 2.58. The summed E-state index contributed by atoms with van der Waals surface area (Å²) >= 11 is 1.27. The zero-order valence-corrected chi connectivity index (χ0v) is 21.7. The number of nitro groups is 1. The minimum atomic E-state index is -1.39. The molecule has 7 rings (SSSR count). The number of amides is 1. The second kappa shape index (κ2) is 8.82. The van der Waals surface area contributed by atoms with Crippen LogP contribution in [0.3, 0.4) is 0 Å². The molecule has 3 aliphatic heterocycles. The second-order valence-corrected chi connectivity index (χ2v) is 11.0. The van der Waals surface area contributed by atoms with Gasteiger partial charge in [0.05, 0.1) is 21.8 Å². The van der Waals surface area contributed by atoms with Crippen LogP contribution in [0.2, 0.25) is 0 Å². The summed E-state index contributed by atoms with van der Waals surface area (Å²) in [5.41, 5.74) is 1.61. The number of hydrogen-bond acceptors (Lipinski definition) is 7. The number of hydrogen-bond donors (Lipinski definition) is 1. The predicted molar refractivity (Wildman–Crippen MR) is 152 cm³/mol. The summed E-state index contributed by atoms with van der Waals surface area (Å²) < 4.78 is 0. The van der Waals surface area contributed by atoms with Crippen LogP contribution in [0.4, 0.5) is 17.1 Å². The first-order valence-electron chi connectivity index (χ1n) is 12.8. The molecule has 1 spiro atoms. The van der Waals surface area contributed by atoms with Crippen LogP contribution in [-0.4, -0.2) is 34.5 Å². The molecular weight excluding hydrogens is 526 g/mol. The molecule has 1 amide bonds. The van der Waals surface area contributed by atoms with E-state index in [0.29, 0.717) is 16.1 Å². The van der Waals surface area contributed by atoms with Crippen LogP contribution in [0.1, 0.15) is 31.2 Å². The molecule has 3 aromatic carbocycles. The molecule has 4 atom stereocenters. The number of fused-ring (bicyclic) bond motifs is 6. The van der Waals surface area contributed by atoms with Gasteiger partial charge in [-0.15, -0.1) is 11.3 Å². The fraction of sp³-hybridized carbons (Fsp3) is 0.129. The van der Waals surface area contributed by atoms with Gasteiger partial charge in [-0.25, -0.2) is 0 Å². The lowest BCUT2D eigenvalue weighted by Gasteiger charge is -2.37. The molecule has 0 saturated carbocycles. The average Bonchev–Trinajstić information content (AvgIpc) is 3.69. The largest absolute Gasteiger partial charge is 0.352 e. The van der Waals surface area contributed by atoms with Crippen LogP contribution in [0.25, 0.3) is 6.08 Å². The van der Waals surface area contributed by atoms with Gasteiger partial charge in [-0.1, -0.05) is 54.6 Å². The Morgan fingerprint density at radius 3 is 2.42 bits per heavy atom. The van der Waals surface area contributed by atoms with E-state index < -0.39 is 28.3 Å². The molecular formula is C31H21N3O5S. The van der Waals surface area contributed by atoms with Gasteiger partial charge in [0.1, 0.15) is 11.5 Å². The number of anilines is 2. The van der Waals surface area contributed by atoms with Gasteiger partial charge < -0.3 is 10.2 Å². The Morgan fingerprint density at radius 1 is 0.925 bits per heavy atom. The third kappa shape index (κ3) is 3.21. The summed E-state index contributed by atoms with van der Waals surface area (Å²) in [5, 5.41) is 16.1. The van der Waals surface area contributed by atoms with E-state index in [0.717, 1.165) is 11.3 Å². The summed E-state index contributed by atoms with van der Waals surface area (Å²) in [4.78, 5) is 56.4. The Balaban J connectivity index is 1.51. The smallest absolute Gasteiger partial charge is 0.269 e. The lowest BCUT2D eigenvalue weighted by Crippen LogP contribution is -2.51. The monoisotopic (exact) mass is 547 g/mol. The SMILES string of the molecule is O=C(c1ccc([N+](=O)[O-])cc1)[C@@H]1[C@H](C(=O)c2cccs2)[C@@]2(C(=O)Nc3ccccc32)[C@H]2C=Cc3ccccc3N12. The van der Waals surface area contributed by atoms with Gasteiger partial charge in [0.15, 0.2) is 11.6 Å². The third-order valence-corrected chi connectivity index (χ3v) is 9.10. The number of benzene rings is 3. The molecule has 0 unspecified atom stereocenters. The summed E-state index contributed by atoms with van der Waals surface area (Å²) in [7, 11) is 0. The Kier molecular flexibility index (Phi) is 5.33. The van der Waals surface area contributed by atoms with E-state index in [1.807, 2.05) is 65.6 Å². The van der Waals surface area contributed by atoms with E-state index in [1.165, 1.54) is 35.6 Å². The Hall–Kier alpha value is -4.89. The van der Waals surface area contributed by atoms with Crippen LogP contribution >= 0.6 is 11.3 Å². The fourth-order valence-corrected chi connectivity index (χ4v) is 7.31. The number of Topliss-reactive ketones (excluding diaryl/α,β-unsaturated/α-hetero) is 2. The van der Waals surface area contributed by atoms with Gasteiger partial charge in [-0.3, -0.25) is 24.5 Å². The summed E-state index contributed by atoms with van der Waals surface area (Å²) in [6.07, 6.45) is 3.86. The quantitative estimate of drug-likeness (QED) is 0.200. The molecule has 0 radical (unpaired) electrons. The molecule has 3 aliphatic rings. The lowest BCUT2D eigenvalue weighted by molar-refractivity contribution is -0.384. The standard InChI is InChI=1S/C31H21N3O5S/c35-28(19-11-14-20(15-12-19)34(38)39)27-26(29(36)24-10-5-17-40-24)31(21-7-2-3-8-22(21)32-30(31)37)25-16-13-18-6-1-4-9-23(18)33(25)27/h1-17,25-27H,(H,32,37)/t25-,26-,27+,31+/m1/s1. The number of nitrogens with one attached hydrogen (secondary N) is 1. The Bertz CT molecular complexity index is 1750. The van der Waals surface area contributed by atoms with Crippen LogP contribution in [0.15, 0.2) is 96.4 Å². The molecule has 8 nitrogen and oxygen atoms in total. The maximum atomic E-state index is 14.5. The molecule has 0 aliphatic carbocycles. The van der Waals surface area contributed by atoms with Crippen molar-refractivity contribution in [2.24, 2.45) is 5.92 Å². The number of thiophene rings is 1. The molecule has 4 heterocycles. The average molecular weight is 548 g/mol. The Morgan fingerprint density at radius 2 is 1.68 bits per heavy atom. The number of rotatable bonds is 5. The minimum Gasteiger partial charge on any atom is -0.352 e. The van der Waals surface area contributed by atoms with Crippen molar-refractivity contribution < 1.29 is 19.3 Å². The number of nitro benzene ring substituents is 1. The zero-order chi connectivity index (χ0) is 27.6. The van der Waals surface area contributed by atoms with E-state index in [1.54, 1.807) is 17.5 Å². The van der Waals surface area contributed by atoms with Gasteiger partial charge >= 0.3 is 0 Å². The highest BCUT2D eigenvalue weighted by atomic mass is 32.1. The van der Waals surface area contributed by atoms with Crippen molar-refractivity contribution in [1.82, 2.24) is 0 Å². The van der Waals surface area contributed by atoms with Crippen molar-refractivity contribution in [1.29, 1.82) is 0 Å². The number of carbonyl (C=O) groups is 3. The van der Waals surface area contributed by atoms with Gasteiger partial charge in [-0.2, -0.15) is 0 Å². The number of carbonyl (C=O) groups excluding carboxylic acids is 3. The van der Waals surface area contributed by atoms with E-state index in [2.05, 4.69) is 5.32 Å². The predicted octanol–water partition coefficient (Wildman–Crippen LogP) is 5.51. The molecule has 1 saturated heterocycles. The first-order chi connectivity index (χ1) is 19.4. The van der Waals surface area contributed by atoms with E-state index in [-0.39, 0.29) is 28.7 Å². The van der Waals surface area contributed by atoms with Crippen LogP contribution in [0, 0.1) is 16.0 Å². The van der Waals surface area contributed by atoms with Crippen molar-refractivity contribution in [3.63, 3.8) is 0 Å². The summed E-state index contributed by atoms with van der Waals surface area (Å²) in [5.74, 6) is -2.07. The normalized spacial score (nSPS) is 23.9. The van der Waals surface area contributed by atoms with Crippen molar-refractivity contribution in [3.8, 4) is 0 Å². The maximum Gasteiger partial charge on any atom is 0.269 e. The number of nitrogens with zero attached hydrogens (tertiary/aromatic N) is 2. The van der Waals surface area contributed by atoms with E-state index in [9.17, 15) is 24.5 Å². The number of non-ortho nitro benzene ring substituents is 1. The molecule has 1 N–H and O–H groups in total. The van der Waals surface area contributed by atoms with Gasteiger partial charge in [0, 0.05) is 29.1 Å². The van der Waals surface area contributed by atoms with E-state index >= 15 is 0 Å². The highest BCUT2D eigenvalue weighted by Gasteiger charge is 2.70. The molecule has 9 heteroatoms. The highest BCUT2D eigenvalue weighted by molar-refractivity contribution is 7.12. The van der Waals surface area contributed by atoms with Crippen molar-refractivity contribution in [2.45, 2.75) is 17.5 Å². The lowest BCUT2D eigenvalue weighted by atomic mass is 9.64. The van der Waals surface area contributed by atoms with Gasteiger partial charge in [-0.05, 0) is 46.8 Å². The zero-order valence-electron chi connectivity index (χ0n) is 20.9. The fourth-order valence-electron chi connectivity index (χ4n) is 6.61. The summed E-state index contributed by atoms with van der Waals surface area (Å²) in [6.45, 7) is 0. The van der Waals surface area contributed by atoms with Crippen LogP contribution < -0.4 is 10.2 Å². The number of ketones is 2. The second-order valence-electron chi connectivity index (χ2n) is 10.1. The summed E-state index contributed by atoms with van der Waals surface area (Å²) in [6, 6.07) is 22.1. The molecule has 0 bridgehead atoms. The first kappa shape index (κ1) is 24.2. The minimum absolute atomic E-state index is 0.140. The molecule has 1 aromatic heterocycles. The van der Waals surface area contributed by atoms with Crippen LogP contribution in [-0.2, 0) is 10.2 Å².